The highest BCUT2D eigenvalue weighted by molar-refractivity contribution is 5.42. The van der Waals surface area contributed by atoms with Crippen LogP contribution in [0.5, 0.6) is 0 Å². The Kier molecular flexibility index (Phi) is 2.48. The van der Waals surface area contributed by atoms with Crippen molar-refractivity contribution in [2.24, 2.45) is 0 Å². The summed E-state index contributed by atoms with van der Waals surface area (Å²) in [6.07, 6.45) is 5.37. The van der Waals surface area contributed by atoms with Gasteiger partial charge >= 0.3 is 0 Å². The Morgan fingerprint density at radius 2 is 2.35 bits per heavy atom. The molecule has 90 valence electrons. The van der Waals surface area contributed by atoms with E-state index in [1.54, 1.807) is 11.6 Å². The van der Waals surface area contributed by atoms with E-state index in [-0.39, 0.29) is 5.60 Å². The quantitative estimate of drug-likeness (QED) is 0.872. The van der Waals surface area contributed by atoms with Gasteiger partial charge in [-0.3, -0.25) is 0 Å². The lowest BCUT2D eigenvalue weighted by atomic mass is 9.80. The molecule has 1 fully saturated rings. The average molecular weight is 232 g/mol. The molecule has 3 rings (SSSR count). The van der Waals surface area contributed by atoms with E-state index in [0.717, 1.165) is 25.0 Å². The first kappa shape index (κ1) is 10.5. The van der Waals surface area contributed by atoms with Crippen LogP contribution in [0.25, 0.3) is 5.65 Å². The third kappa shape index (κ3) is 1.86. The Balaban J connectivity index is 1.72. The SMILES string of the molecule is COC1(CNc2nc3ccccn3n2)CCC1. The molecule has 1 N–H and O–H groups in total. The lowest BCUT2D eigenvalue weighted by Crippen LogP contribution is -2.45. The molecule has 0 amide bonds. The van der Waals surface area contributed by atoms with Crippen molar-refractivity contribution in [2.75, 3.05) is 19.0 Å². The first-order valence-electron chi connectivity index (χ1n) is 5.92. The van der Waals surface area contributed by atoms with Crippen molar-refractivity contribution in [1.82, 2.24) is 14.6 Å². The number of hydrogen-bond acceptors (Lipinski definition) is 4. The number of rotatable bonds is 4. The van der Waals surface area contributed by atoms with Gasteiger partial charge in [-0.25, -0.2) is 4.52 Å². The summed E-state index contributed by atoms with van der Waals surface area (Å²) in [5.74, 6) is 0.666. The predicted molar refractivity (Wildman–Crippen MR) is 65.1 cm³/mol. The zero-order chi connectivity index (χ0) is 11.7. The largest absolute Gasteiger partial charge is 0.376 e. The molecule has 2 heterocycles. The van der Waals surface area contributed by atoms with Crippen LogP contribution in [0, 0.1) is 0 Å². The molecule has 1 aliphatic rings. The number of aromatic nitrogens is 3. The number of anilines is 1. The van der Waals surface area contributed by atoms with Crippen LogP contribution in [0.3, 0.4) is 0 Å². The third-order valence-corrected chi connectivity index (χ3v) is 3.51. The predicted octanol–water partition coefficient (Wildman–Crippen LogP) is 1.71. The van der Waals surface area contributed by atoms with E-state index in [9.17, 15) is 0 Å². The average Bonchev–Trinajstić information content (AvgIpc) is 2.71. The summed E-state index contributed by atoms with van der Waals surface area (Å²) in [4.78, 5) is 4.39. The molecule has 0 aliphatic heterocycles. The van der Waals surface area contributed by atoms with Gasteiger partial charge < -0.3 is 10.1 Å². The Morgan fingerprint density at radius 3 is 3.00 bits per heavy atom. The van der Waals surface area contributed by atoms with E-state index in [4.69, 9.17) is 4.74 Å². The van der Waals surface area contributed by atoms with Crippen LogP contribution in [0.4, 0.5) is 5.95 Å². The molecular formula is C12H16N4O. The van der Waals surface area contributed by atoms with Gasteiger partial charge in [0.25, 0.3) is 0 Å². The normalized spacial score (nSPS) is 17.9. The number of nitrogens with zero attached hydrogens (tertiary/aromatic N) is 3. The van der Waals surface area contributed by atoms with Crippen LogP contribution in [0.15, 0.2) is 24.4 Å². The van der Waals surface area contributed by atoms with Crippen molar-refractivity contribution < 1.29 is 4.74 Å². The highest BCUT2D eigenvalue weighted by Gasteiger charge is 2.36. The molecule has 1 aliphatic carbocycles. The second kappa shape index (κ2) is 4.00. The Labute approximate surface area is 99.8 Å². The van der Waals surface area contributed by atoms with Crippen molar-refractivity contribution >= 4 is 11.6 Å². The molecule has 0 atom stereocenters. The lowest BCUT2D eigenvalue weighted by Gasteiger charge is -2.40. The number of nitrogens with one attached hydrogen (secondary N) is 1. The Bertz CT molecular complexity index is 479. The molecule has 0 unspecified atom stereocenters. The summed E-state index contributed by atoms with van der Waals surface area (Å²) in [5, 5.41) is 7.61. The minimum Gasteiger partial charge on any atom is -0.376 e. The Hall–Kier alpha value is -1.62. The maximum absolute atomic E-state index is 5.54. The zero-order valence-corrected chi connectivity index (χ0v) is 9.89. The second-order valence-electron chi connectivity index (χ2n) is 4.53. The minimum atomic E-state index is -0.00250. The maximum atomic E-state index is 5.54. The molecule has 1 saturated carbocycles. The molecule has 0 bridgehead atoms. The number of pyridine rings is 1. The van der Waals surface area contributed by atoms with Crippen LogP contribution >= 0.6 is 0 Å². The molecule has 0 radical (unpaired) electrons. The highest BCUT2D eigenvalue weighted by atomic mass is 16.5. The first-order valence-corrected chi connectivity index (χ1v) is 5.92. The molecule has 5 nitrogen and oxygen atoms in total. The number of methoxy groups -OCH3 is 1. The summed E-state index contributed by atoms with van der Waals surface area (Å²) in [5.41, 5.74) is 0.854. The molecule has 0 saturated heterocycles. The van der Waals surface area contributed by atoms with E-state index in [0.29, 0.717) is 5.95 Å². The lowest BCUT2D eigenvalue weighted by molar-refractivity contribution is -0.0602. The van der Waals surface area contributed by atoms with Crippen LogP contribution in [0.1, 0.15) is 19.3 Å². The Morgan fingerprint density at radius 1 is 1.47 bits per heavy atom. The van der Waals surface area contributed by atoms with Crippen molar-refractivity contribution in [3.05, 3.63) is 24.4 Å². The smallest absolute Gasteiger partial charge is 0.243 e. The number of hydrogen-bond donors (Lipinski definition) is 1. The monoisotopic (exact) mass is 232 g/mol. The molecule has 0 aromatic carbocycles. The van der Waals surface area contributed by atoms with E-state index in [2.05, 4.69) is 15.4 Å². The van der Waals surface area contributed by atoms with Gasteiger partial charge in [-0.2, -0.15) is 4.98 Å². The van der Waals surface area contributed by atoms with Crippen LogP contribution in [-0.4, -0.2) is 33.9 Å². The summed E-state index contributed by atoms with van der Waals surface area (Å²) in [6.45, 7) is 0.778. The van der Waals surface area contributed by atoms with Gasteiger partial charge in [-0.15, -0.1) is 5.10 Å². The maximum Gasteiger partial charge on any atom is 0.243 e. The summed E-state index contributed by atoms with van der Waals surface area (Å²) >= 11 is 0. The molecular weight excluding hydrogens is 216 g/mol. The van der Waals surface area contributed by atoms with Gasteiger partial charge in [-0.1, -0.05) is 6.07 Å². The summed E-state index contributed by atoms with van der Waals surface area (Å²) in [6, 6.07) is 5.83. The standard InChI is InChI=1S/C12H16N4O/c1-17-12(6-4-7-12)9-13-11-14-10-5-2-3-8-16(10)15-11/h2-3,5,8H,4,6-7,9H2,1H3,(H,13,15). The molecule has 5 heteroatoms. The third-order valence-electron chi connectivity index (χ3n) is 3.51. The number of ether oxygens (including phenoxy) is 1. The molecule has 17 heavy (non-hydrogen) atoms. The van der Waals surface area contributed by atoms with Crippen LogP contribution < -0.4 is 5.32 Å². The van der Waals surface area contributed by atoms with Crippen LogP contribution in [-0.2, 0) is 4.74 Å². The summed E-state index contributed by atoms with van der Waals surface area (Å²) in [7, 11) is 1.78. The van der Waals surface area contributed by atoms with E-state index in [1.165, 1.54) is 6.42 Å². The van der Waals surface area contributed by atoms with Gasteiger partial charge in [0, 0.05) is 19.9 Å². The molecule has 2 aromatic heterocycles. The topological polar surface area (TPSA) is 51.5 Å². The zero-order valence-electron chi connectivity index (χ0n) is 9.89. The van der Waals surface area contributed by atoms with Gasteiger partial charge in [0.2, 0.25) is 5.95 Å². The van der Waals surface area contributed by atoms with Crippen molar-refractivity contribution in [1.29, 1.82) is 0 Å². The van der Waals surface area contributed by atoms with Crippen LogP contribution in [0.2, 0.25) is 0 Å². The van der Waals surface area contributed by atoms with Gasteiger partial charge in [0.05, 0.1) is 5.60 Å². The fraction of sp³-hybridized carbons (Fsp3) is 0.500. The van der Waals surface area contributed by atoms with E-state index < -0.39 is 0 Å². The molecule has 0 spiro atoms. The minimum absolute atomic E-state index is 0.00250. The molecule has 2 aromatic rings. The van der Waals surface area contributed by atoms with E-state index in [1.807, 2.05) is 24.4 Å². The van der Waals surface area contributed by atoms with Gasteiger partial charge in [-0.05, 0) is 31.4 Å². The number of fused-ring (bicyclic) bond motifs is 1. The fourth-order valence-electron chi connectivity index (χ4n) is 2.17. The first-order chi connectivity index (χ1) is 8.31. The summed E-state index contributed by atoms with van der Waals surface area (Å²) < 4.78 is 7.31. The van der Waals surface area contributed by atoms with Gasteiger partial charge in [0.15, 0.2) is 5.65 Å². The fourth-order valence-corrected chi connectivity index (χ4v) is 2.17. The van der Waals surface area contributed by atoms with Gasteiger partial charge in [0.1, 0.15) is 0 Å². The van der Waals surface area contributed by atoms with Crippen molar-refractivity contribution in [2.45, 2.75) is 24.9 Å². The van der Waals surface area contributed by atoms with Crippen molar-refractivity contribution in [3.63, 3.8) is 0 Å². The van der Waals surface area contributed by atoms with E-state index >= 15 is 0 Å². The highest BCUT2D eigenvalue weighted by Crippen LogP contribution is 2.34. The second-order valence-corrected chi connectivity index (χ2v) is 4.53. The van der Waals surface area contributed by atoms with Crippen molar-refractivity contribution in [3.8, 4) is 0 Å².